The molecule has 0 radical (unpaired) electrons. The van der Waals surface area contributed by atoms with Gasteiger partial charge in [0.25, 0.3) is 11.2 Å². The van der Waals surface area contributed by atoms with Gasteiger partial charge in [-0.25, -0.2) is 4.98 Å². The first-order chi connectivity index (χ1) is 15.4. The molecular formula is C21H22N4O5S2. The van der Waals surface area contributed by atoms with Gasteiger partial charge < -0.3 is 10.1 Å². The molecule has 2 heterocycles. The van der Waals surface area contributed by atoms with Crippen LogP contribution in [0.5, 0.6) is 5.75 Å². The van der Waals surface area contributed by atoms with E-state index in [0.29, 0.717) is 17.4 Å². The van der Waals surface area contributed by atoms with E-state index < -0.39 is 4.92 Å². The molecule has 32 heavy (non-hydrogen) atoms. The zero-order valence-electron chi connectivity index (χ0n) is 17.7. The normalized spacial score (nSPS) is 13.1. The number of thioether (sulfide) groups is 1. The average molecular weight is 475 g/mol. The van der Waals surface area contributed by atoms with Gasteiger partial charge >= 0.3 is 0 Å². The van der Waals surface area contributed by atoms with Crippen LogP contribution in [0.25, 0.3) is 10.2 Å². The Balaban J connectivity index is 1.55. The molecule has 3 aromatic rings. The molecule has 0 saturated heterocycles. The van der Waals surface area contributed by atoms with Crippen molar-refractivity contribution in [3.05, 3.63) is 49.1 Å². The molecule has 1 amide bonds. The monoisotopic (exact) mass is 474 g/mol. The van der Waals surface area contributed by atoms with Gasteiger partial charge in [-0.1, -0.05) is 11.8 Å². The summed E-state index contributed by atoms with van der Waals surface area (Å²) in [4.78, 5) is 42.8. The van der Waals surface area contributed by atoms with Crippen LogP contribution in [0.2, 0.25) is 0 Å². The summed E-state index contributed by atoms with van der Waals surface area (Å²) >= 11 is 2.78. The lowest BCUT2D eigenvalue weighted by Crippen LogP contribution is -2.24. The zero-order valence-corrected chi connectivity index (χ0v) is 19.3. The van der Waals surface area contributed by atoms with Gasteiger partial charge in [0.05, 0.1) is 34.9 Å². The molecule has 0 bridgehead atoms. The first kappa shape index (κ1) is 22.3. The zero-order chi connectivity index (χ0) is 22.8. The van der Waals surface area contributed by atoms with Gasteiger partial charge in [-0.2, -0.15) is 0 Å². The molecule has 0 saturated carbocycles. The predicted molar refractivity (Wildman–Crippen MR) is 125 cm³/mol. The molecule has 0 fully saturated rings. The van der Waals surface area contributed by atoms with Crippen molar-refractivity contribution in [3.8, 4) is 5.75 Å². The van der Waals surface area contributed by atoms with Crippen molar-refractivity contribution < 1.29 is 14.5 Å². The third kappa shape index (κ3) is 4.22. The van der Waals surface area contributed by atoms with E-state index in [9.17, 15) is 19.7 Å². The van der Waals surface area contributed by atoms with Crippen LogP contribution in [0.15, 0.2) is 28.2 Å². The van der Waals surface area contributed by atoms with Gasteiger partial charge in [0.15, 0.2) is 5.16 Å². The third-order valence-electron chi connectivity index (χ3n) is 5.36. The van der Waals surface area contributed by atoms with E-state index in [1.807, 2.05) is 6.92 Å². The molecule has 9 nitrogen and oxygen atoms in total. The van der Waals surface area contributed by atoms with Crippen LogP contribution in [-0.4, -0.2) is 33.2 Å². The second-order valence-corrected chi connectivity index (χ2v) is 9.34. The van der Waals surface area contributed by atoms with E-state index in [1.54, 1.807) is 15.9 Å². The maximum Gasteiger partial charge on any atom is 0.273 e. The summed E-state index contributed by atoms with van der Waals surface area (Å²) < 4.78 is 6.78. The standard InChI is InChI=1S/C21H22N4O5S2/c1-3-24-20(27)18-13-6-4-5-7-16(13)32-19(18)23-21(24)31-11-17(26)22-14-9-8-12(25(28)29)10-15(14)30-2/h8-10H,3-7,11H2,1-2H3,(H,22,26). The van der Waals surface area contributed by atoms with Gasteiger partial charge in [-0.3, -0.25) is 24.3 Å². The number of hydrogen-bond donors (Lipinski definition) is 1. The minimum absolute atomic E-state index is 0.0309. The summed E-state index contributed by atoms with van der Waals surface area (Å²) in [7, 11) is 1.38. The number of fused-ring (bicyclic) bond motifs is 3. The molecule has 1 aliphatic rings. The second kappa shape index (κ2) is 9.29. The third-order valence-corrected chi connectivity index (χ3v) is 7.52. The van der Waals surface area contributed by atoms with Gasteiger partial charge in [0, 0.05) is 17.5 Å². The fraction of sp³-hybridized carbons (Fsp3) is 0.381. The van der Waals surface area contributed by atoms with Gasteiger partial charge in [0.1, 0.15) is 10.6 Å². The first-order valence-corrected chi connectivity index (χ1v) is 12.0. The average Bonchev–Trinajstić information content (AvgIpc) is 3.16. The molecule has 0 spiro atoms. The number of aromatic nitrogens is 2. The number of thiophene rings is 1. The Bertz CT molecular complexity index is 1270. The molecule has 1 N–H and O–H groups in total. The number of nitro groups is 1. The van der Waals surface area contributed by atoms with E-state index in [-0.39, 0.29) is 28.7 Å². The number of nitrogens with one attached hydrogen (secondary N) is 1. The largest absolute Gasteiger partial charge is 0.494 e. The lowest BCUT2D eigenvalue weighted by Gasteiger charge is -2.12. The van der Waals surface area contributed by atoms with Crippen molar-refractivity contribution in [2.75, 3.05) is 18.2 Å². The van der Waals surface area contributed by atoms with Crippen LogP contribution >= 0.6 is 23.1 Å². The van der Waals surface area contributed by atoms with Crippen LogP contribution in [0.3, 0.4) is 0 Å². The summed E-state index contributed by atoms with van der Waals surface area (Å²) in [5.74, 6) is -0.0974. The maximum absolute atomic E-state index is 13.2. The number of benzene rings is 1. The summed E-state index contributed by atoms with van der Waals surface area (Å²) in [6.45, 7) is 2.35. The highest BCUT2D eigenvalue weighted by Crippen LogP contribution is 2.35. The Morgan fingerprint density at radius 2 is 2.16 bits per heavy atom. The van der Waals surface area contributed by atoms with Crippen molar-refractivity contribution in [3.63, 3.8) is 0 Å². The smallest absolute Gasteiger partial charge is 0.273 e. The number of carbonyl (C=O) groups excluding carboxylic acids is 1. The number of nitrogens with zero attached hydrogens (tertiary/aromatic N) is 3. The quantitative estimate of drug-likeness (QED) is 0.238. The fourth-order valence-corrected chi connectivity index (χ4v) is 5.99. The number of anilines is 1. The molecule has 0 atom stereocenters. The Morgan fingerprint density at radius 3 is 2.88 bits per heavy atom. The number of nitro benzene ring substituents is 1. The Labute approximate surface area is 192 Å². The number of non-ortho nitro benzene ring substituents is 1. The number of aryl methyl sites for hydroxylation is 2. The molecule has 168 valence electrons. The molecule has 1 aliphatic carbocycles. The lowest BCUT2D eigenvalue weighted by atomic mass is 9.97. The number of amides is 1. The highest BCUT2D eigenvalue weighted by atomic mass is 32.2. The highest BCUT2D eigenvalue weighted by Gasteiger charge is 2.22. The number of ether oxygens (including phenoxy) is 1. The first-order valence-electron chi connectivity index (χ1n) is 10.2. The van der Waals surface area contributed by atoms with Crippen LogP contribution < -0.4 is 15.6 Å². The summed E-state index contributed by atoms with van der Waals surface area (Å²) in [6, 6.07) is 3.99. The van der Waals surface area contributed by atoms with Crippen LogP contribution in [-0.2, 0) is 24.2 Å². The lowest BCUT2D eigenvalue weighted by molar-refractivity contribution is -0.384. The van der Waals surface area contributed by atoms with Crippen molar-refractivity contribution in [2.24, 2.45) is 0 Å². The summed E-state index contributed by atoms with van der Waals surface area (Å²) in [5.41, 5.74) is 1.32. The minimum Gasteiger partial charge on any atom is -0.494 e. The van der Waals surface area contributed by atoms with E-state index in [0.717, 1.165) is 41.5 Å². The second-order valence-electron chi connectivity index (χ2n) is 7.31. The highest BCUT2D eigenvalue weighted by molar-refractivity contribution is 7.99. The molecule has 0 unspecified atom stereocenters. The molecule has 2 aromatic heterocycles. The fourth-order valence-electron chi connectivity index (χ4n) is 3.82. The molecule has 1 aromatic carbocycles. The number of rotatable bonds is 7. The summed E-state index contributed by atoms with van der Waals surface area (Å²) in [5, 5.41) is 14.9. The van der Waals surface area contributed by atoms with E-state index in [4.69, 9.17) is 9.72 Å². The van der Waals surface area contributed by atoms with Gasteiger partial charge in [-0.05, 0) is 44.2 Å². The van der Waals surface area contributed by atoms with Gasteiger partial charge in [0.2, 0.25) is 5.91 Å². The minimum atomic E-state index is -0.530. The van der Waals surface area contributed by atoms with Crippen LogP contribution in [0, 0.1) is 10.1 Å². The van der Waals surface area contributed by atoms with Crippen molar-refractivity contribution in [1.82, 2.24) is 9.55 Å². The number of carbonyl (C=O) groups is 1. The Kier molecular flexibility index (Phi) is 6.47. The van der Waals surface area contributed by atoms with E-state index >= 15 is 0 Å². The Hall–Kier alpha value is -2.92. The van der Waals surface area contributed by atoms with Crippen molar-refractivity contribution in [2.45, 2.75) is 44.3 Å². The number of hydrogen-bond acceptors (Lipinski definition) is 8. The SMILES string of the molecule is CCn1c(SCC(=O)Nc2ccc([N+](=O)[O-])cc2OC)nc2sc3c(c2c1=O)CCCC3. The molecule has 11 heteroatoms. The van der Waals surface area contributed by atoms with Gasteiger partial charge in [-0.15, -0.1) is 11.3 Å². The summed E-state index contributed by atoms with van der Waals surface area (Å²) in [6.07, 6.45) is 4.13. The topological polar surface area (TPSA) is 116 Å². The van der Waals surface area contributed by atoms with Crippen LogP contribution in [0.1, 0.15) is 30.2 Å². The van der Waals surface area contributed by atoms with Crippen molar-refractivity contribution >= 4 is 50.6 Å². The molecule has 0 aliphatic heterocycles. The Morgan fingerprint density at radius 1 is 1.38 bits per heavy atom. The molecule has 4 rings (SSSR count). The van der Waals surface area contributed by atoms with E-state index in [2.05, 4.69) is 5.32 Å². The van der Waals surface area contributed by atoms with Crippen LogP contribution in [0.4, 0.5) is 11.4 Å². The number of methoxy groups -OCH3 is 1. The molecular weight excluding hydrogens is 452 g/mol. The predicted octanol–water partition coefficient (Wildman–Crippen LogP) is 4.00. The van der Waals surface area contributed by atoms with Crippen molar-refractivity contribution in [1.29, 1.82) is 0 Å². The van der Waals surface area contributed by atoms with E-state index in [1.165, 1.54) is 41.9 Å². The maximum atomic E-state index is 13.2.